The van der Waals surface area contributed by atoms with Crippen LogP contribution in [0.2, 0.25) is 5.02 Å². The number of nitrogens with one attached hydrogen (secondary N) is 5. The first-order valence-electron chi connectivity index (χ1n) is 46.2. The van der Waals surface area contributed by atoms with Crippen molar-refractivity contribution in [1.29, 1.82) is 0 Å². The maximum Gasteiger partial charge on any atom is 0.226 e. The van der Waals surface area contributed by atoms with Crippen LogP contribution in [0.1, 0.15) is 145 Å². The number of aromatic amines is 5. The topological polar surface area (TPSA) is 452 Å². The van der Waals surface area contributed by atoms with E-state index >= 15 is 0 Å². The highest BCUT2D eigenvalue weighted by Gasteiger charge is 2.34. The van der Waals surface area contributed by atoms with E-state index in [1.165, 1.54) is 78.9 Å². The van der Waals surface area contributed by atoms with Crippen LogP contribution in [0.25, 0.3) is 56.3 Å². The number of nitrogens with zero attached hydrogens (tertiary/aromatic N) is 8. The molecule has 3 saturated heterocycles. The van der Waals surface area contributed by atoms with Crippen LogP contribution in [0.5, 0.6) is 28.7 Å². The van der Waals surface area contributed by atoms with Gasteiger partial charge in [0, 0.05) is 128 Å². The van der Waals surface area contributed by atoms with Gasteiger partial charge in [-0.15, -0.1) is 0 Å². The second kappa shape index (κ2) is 50.8. The molecule has 9 aromatic carbocycles. The Morgan fingerprint density at radius 3 is 0.909 bits per heavy atom. The molecule has 0 radical (unpaired) electrons. The fraction of sp³-hybridized carbons (Fsp3) is 0.264. The molecule has 3 unspecified atom stereocenters. The number of rotatable bonds is 34. The lowest BCUT2D eigenvalue weighted by Crippen LogP contribution is -2.44. The summed E-state index contributed by atoms with van der Waals surface area (Å²) in [6.45, 7) is 5.12. The summed E-state index contributed by atoms with van der Waals surface area (Å²) in [5, 5.41) is 83.4. The number of aromatic nitrogens is 10. The molecule has 3 atom stereocenters. The van der Waals surface area contributed by atoms with Crippen LogP contribution < -0.4 is 5.73 Å². The molecule has 5 aromatic heterocycles. The molecule has 30 nitrogen and oxygen atoms in total. The number of benzene rings is 9. The summed E-state index contributed by atoms with van der Waals surface area (Å²) >= 11 is 5.84. The molecule has 143 heavy (non-hydrogen) atoms. The van der Waals surface area contributed by atoms with Gasteiger partial charge in [-0.1, -0.05) is 96.5 Å². The zero-order valence-corrected chi connectivity index (χ0v) is 78.1. The summed E-state index contributed by atoms with van der Waals surface area (Å²) in [5.74, 6) is -7.17. The number of H-pyrrole nitrogens is 5. The van der Waals surface area contributed by atoms with Gasteiger partial charge in [0.15, 0.2) is 28.9 Å². The van der Waals surface area contributed by atoms with Crippen molar-refractivity contribution in [3.05, 3.63) is 321 Å². The van der Waals surface area contributed by atoms with E-state index in [2.05, 4.69) is 51.0 Å². The Morgan fingerprint density at radius 2 is 0.601 bits per heavy atom. The first-order valence-corrected chi connectivity index (χ1v) is 46.5. The lowest BCUT2D eigenvalue weighted by atomic mass is 9.91. The second-order valence-corrected chi connectivity index (χ2v) is 34.6. The number of phenolic OH excluding ortho intramolecular Hbond substituents is 5. The first-order chi connectivity index (χ1) is 68.9. The molecule has 0 saturated carbocycles. The summed E-state index contributed by atoms with van der Waals surface area (Å²) in [6.07, 6.45) is 6.34. The number of phenols is 5. The van der Waals surface area contributed by atoms with Crippen LogP contribution >= 0.6 is 11.6 Å². The lowest BCUT2D eigenvalue weighted by molar-refractivity contribution is -0.140. The van der Waals surface area contributed by atoms with Crippen molar-refractivity contribution in [3.8, 4) is 85.0 Å². The fourth-order valence-electron chi connectivity index (χ4n) is 16.3. The third-order valence-corrected chi connectivity index (χ3v) is 24.2. The number of aryl methyl sites for hydroxylation is 2. The van der Waals surface area contributed by atoms with Crippen LogP contribution in [0, 0.1) is 52.7 Å². The SMILES string of the molecule is NC(=O)CCC(CC(=O)c1cc(-c2cc(F)ccc2O)n[nH]1)C(=O)N1CCOCC1.O=C(CC(Cc1ccccc1)C(=O)N1CCCC1)c1cc(-c2cc(F)ccc2O)n[nH]1.O=C(CC(Cc1ccccc1)C(=O)N1CCOCC1)c1cc(-c2cc(F)ccc2O)n[nH]1.O=C(CCCc1ccc(Cl)cc1)c1cc(-c2cc(F)ccc2O)n[nH]1.O=C(CCCc1ccc(F)cc1)c1cc(-c2cc(F)ccc2O)n[nH]1. The number of Topliss-reactive ketones (excluding diaryl/α,β-unsaturated/α-hetero) is 5. The van der Waals surface area contributed by atoms with Crippen LogP contribution in [-0.2, 0) is 54.3 Å². The number of aromatic hydroxyl groups is 5. The molecule has 3 aliphatic rings. The van der Waals surface area contributed by atoms with Crippen LogP contribution in [0.3, 0.4) is 0 Å². The Kier molecular flexibility index (Phi) is 37.1. The van der Waals surface area contributed by atoms with Gasteiger partial charge in [-0.25, -0.2) is 26.3 Å². The number of ketones is 5. The zero-order chi connectivity index (χ0) is 102. The van der Waals surface area contributed by atoms with Gasteiger partial charge in [-0.05, 0) is 226 Å². The quantitative estimate of drug-likeness (QED) is 0.0132. The van der Waals surface area contributed by atoms with Gasteiger partial charge in [-0.3, -0.25) is 68.6 Å². The number of hydrogen-bond acceptors (Lipinski definition) is 21. The number of amides is 4. The molecule has 0 bridgehead atoms. The van der Waals surface area contributed by atoms with E-state index in [1.807, 2.05) is 89.8 Å². The summed E-state index contributed by atoms with van der Waals surface area (Å²) in [4.78, 5) is 119. The molecule has 742 valence electrons. The van der Waals surface area contributed by atoms with Crippen LogP contribution in [-0.4, -0.2) is 209 Å². The molecule has 14 aromatic rings. The predicted octanol–water partition coefficient (Wildman–Crippen LogP) is 17.5. The standard InChI is InChI=1S/C24H24FN3O4.C24H24FN3O3.C20H23FN4O5.C19H16ClFN2O2.C19H16F2N2O2/c25-18-6-7-22(29)19(14-18)20-15-21(27-26-20)23(30)13-17(12-16-4-2-1-3-5-16)24(31)28-8-10-32-11-9-28;25-18-8-9-22(29)19(14-18)20-15-21(27-26-20)23(30)13-17(12-16-6-2-1-3-7-16)24(31)28-10-4-5-11-28;21-13-2-3-17(26)14(10-13)15-11-16(24-23-15)18(27)9-12(1-4-19(22)28)20(29)25-5-7-30-8-6-25;2*20-13-6-4-12(5-7-13)2-1-3-19(25)17-11-16(22-23-17)15-10-14(21)8-9-18(15)24/h1-7,14-15,17,29H,8-13H2,(H,26,27);1-3,6-9,14-15,17,29H,4-5,10-13H2,(H,26,27);2-3,10-12,26H,1,4-9H2,(H2,22,28)(H,23,24);2*4-11,24H,1-3H2,(H,22,23). The second-order valence-electron chi connectivity index (χ2n) is 34.2. The molecule has 0 aliphatic carbocycles. The monoisotopic (exact) mass is 1980 g/mol. The van der Waals surface area contributed by atoms with E-state index in [9.17, 15) is 95.0 Å². The highest BCUT2D eigenvalue weighted by atomic mass is 35.5. The average molecular weight is 1980 g/mol. The van der Waals surface area contributed by atoms with Crippen molar-refractivity contribution in [1.82, 2.24) is 65.7 Å². The van der Waals surface area contributed by atoms with Crippen LogP contribution in [0.15, 0.2) is 231 Å². The number of hydrogen-bond donors (Lipinski definition) is 11. The highest BCUT2D eigenvalue weighted by molar-refractivity contribution is 6.30. The highest BCUT2D eigenvalue weighted by Crippen LogP contribution is 2.36. The number of carbonyl (C=O) groups excluding carboxylic acids is 9. The molecule has 12 N–H and O–H groups in total. The fourth-order valence-corrected chi connectivity index (χ4v) is 16.4. The Labute approximate surface area is 821 Å². The van der Waals surface area contributed by atoms with Gasteiger partial charge in [0.1, 0.15) is 92.1 Å². The van der Waals surface area contributed by atoms with Gasteiger partial charge in [0.05, 0.1) is 54.9 Å². The molecule has 3 fully saturated rings. The van der Waals surface area contributed by atoms with E-state index in [0.29, 0.717) is 125 Å². The van der Waals surface area contributed by atoms with Crippen LogP contribution in [0.4, 0.5) is 26.3 Å². The van der Waals surface area contributed by atoms with Crippen molar-refractivity contribution in [2.75, 3.05) is 65.7 Å². The van der Waals surface area contributed by atoms with Gasteiger partial charge < -0.3 is 55.4 Å². The summed E-state index contributed by atoms with van der Waals surface area (Å²) in [7, 11) is 0. The average Bonchev–Trinajstić information content (AvgIpc) is 1.71. The Balaban J connectivity index is 0.000000151. The molecule has 37 heteroatoms. The van der Waals surface area contributed by atoms with E-state index in [1.54, 1.807) is 21.9 Å². The van der Waals surface area contributed by atoms with E-state index < -0.39 is 52.7 Å². The van der Waals surface area contributed by atoms with Crippen molar-refractivity contribution >= 4 is 64.1 Å². The van der Waals surface area contributed by atoms with E-state index in [-0.39, 0.29) is 175 Å². The largest absolute Gasteiger partial charge is 0.507 e. The Hall–Kier alpha value is -16.0. The van der Waals surface area contributed by atoms with Gasteiger partial charge in [-0.2, -0.15) is 25.5 Å². The number of morpholine rings is 2. The molecule has 0 spiro atoms. The summed E-state index contributed by atoms with van der Waals surface area (Å²) in [5.41, 5.74) is 12.8. The minimum atomic E-state index is -0.711. The molecule has 8 heterocycles. The van der Waals surface area contributed by atoms with Gasteiger partial charge in [0.2, 0.25) is 23.6 Å². The van der Waals surface area contributed by atoms with Gasteiger partial charge >= 0.3 is 0 Å². The molecular formula is C106H103ClF6N14O16. The number of likely N-dealkylation sites (tertiary alicyclic amines) is 1. The third kappa shape index (κ3) is 30.1. The number of ether oxygens (including phenoxy) is 2. The summed E-state index contributed by atoms with van der Waals surface area (Å²) < 4.78 is 90.7. The zero-order valence-electron chi connectivity index (χ0n) is 77.4. The predicted molar refractivity (Wildman–Crippen MR) is 517 cm³/mol. The third-order valence-electron chi connectivity index (χ3n) is 23.9. The van der Waals surface area contributed by atoms with Gasteiger partial charge in [0.25, 0.3) is 0 Å². The molecular weight excluding hydrogens is 1870 g/mol. The maximum atomic E-state index is 13.6. The van der Waals surface area contributed by atoms with Crippen molar-refractivity contribution in [2.24, 2.45) is 23.5 Å². The van der Waals surface area contributed by atoms with E-state index in [0.717, 1.165) is 109 Å². The van der Waals surface area contributed by atoms with Crippen molar-refractivity contribution in [3.63, 3.8) is 0 Å². The van der Waals surface area contributed by atoms with Crippen molar-refractivity contribution < 1.29 is 104 Å². The number of carbonyl (C=O) groups is 9. The maximum absolute atomic E-state index is 13.6. The normalized spacial score (nSPS) is 13.4. The number of primary amides is 1. The lowest BCUT2D eigenvalue weighted by Gasteiger charge is -2.30. The Bertz CT molecular complexity index is 6590. The Morgan fingerprint density at radius 1 is 0.329 bits per heavy atom. The molecule has 4 amide bonds. The molecule has 3 aliphatic heterocycles. The minimum absolute atomic E-state index is 0.00184. The molecule has 17 rings (SSSR count). The number of halogens is 7. The van der Waals surface area contributed by atoms with Crippen molar-refractivity contribution in [2.45, 2.75) is 96.3 Å². The summed E-state index contributed by atoms with van der Waals surface area (Å²) in [6, 6.07) is 57.9. The minimum Gasteiger partial charge on any atom is -0.507 e. The first kappa shape index (κ1) is 104. The van der Waals surface area contributed by atoms with E-state index in [4.69, 9.17) is 26.8 Å². The smallest absolute Gasteiger partial charge is 0.226 e. The number of nitrogens with two attached hydrogens (primary N) is 1.